The van der Waals surface area contributed by atoms with Crippen molar-refractivity contribution < 1.29 is 24.5 Å². The zero-order valence-corrected chi connectivity index (χ0v) is 36.8. The molecule has 0 aromatic heterocycles. The van der Waals surface area contributed by atoms with E-state index in [-0.39, 0.29) is 24.9 Å². The molecule has 6 nitrogen and oxygen atoms in total. The fourth-order valence-corrected chi connectivity index (χ4v) is 7.31. The van der Waals surface area contributed by atoms with E-state index in [4.69, 9.17) is 4.74 Å². The summed E-state index contributed by atoms with van der Waals surface area (Å²) in [4.78, 5) is 26.0. The lowest BCUT2D eigenvalue weighted by Gasteiger charge is -2.24. The van der Waals surface area contributed by atoms with Gasteiger partial charge in [0, 0.05) is 6.42 Å². The lowest BCUT2D eigenvalue weighted by atomic mass is 10.0. The Morgan fingerprint density at radius 3 is 1.36 bits per heavy atom. The summed E-state index contributed by atoms with van der Waals surface area (Å²) in [6.07, 6.45) is 48.1. The van der Waals surface area contributed by atoms with Crippen molar-refractivity contribution in [2.45, 2.75) is 270 Å². The molecule has 0 rings (SSSR count). The number of carbonyl (C=O) groups is 2. The molecule has 0 saturated heterocycles. The number of allylic oxidation sites excluding steroid dienone is 4. The smallest absolute Gasteiger partial charge is 0.306 e. The van der Waals surface area contributed by atoms with Crippen molar-refractivity contribution in [3.05, 3.63) is 24.3 Å². The van der Waals surface area contributed by atoms with E-state index in [1.54, 1.807) is 0 Å². The van der Waals surface area contributed by atoms with Gasteiger partial charge in [-0.3, -0.25) is 9.59 Å². The van der Waals surface area contributed by atoms with E-state index in [9.17, 15) is 19.8 Å². The van der Waals surface area contributed by atoms with Crippen LogP contribution in [0.15, 0.2) is 24.3 Å². The summed E-state index contributed by atoms with van der Waals surface area (Å²) < 4.78 is 5.88. The summed E-state index contributed by atoms with van der Waals surface area (Å²) >= 11 is 0. The van der Waals surface area contributed by atoms with Crippen LogP contribution in [0.4, 0.5) is 0 Å². The summed E-state index contributed by atoms with van der Waals surface area (Å²) in [6, 6.07) is -0.706. The Morgan fingerprint density at radius 1 is 0.509 bits per heavy atom. The number of esters is 1. The fraction of sp³-hybridized carbons (Fsp3) is 0.878. The molecule has 0 radical (unpaired) electrons. The molecule has 0 aliphatic heterocycles. The predicted octanol–water partition coefficient (Wildman–Crippen LogP) is 14.0. The number of unbranched alkanes of at least 4 members (excludes halogenated alkanes) is 27. The Kier molecular flexibility index (Phi) is 42.2. The van der Waals surface area contributed by atoms with Crippen LogP contribution in [0.3, 0.4) is 0 Å². The van der Waals surface area contributed by atoms with Crippen LogP contribution in [-0.4, -0.2) is 46.9 Å². The van der Waals surface area contributed by atoms with Gasteiger partial charge in [-0.15, -0.1) is 0 Å². The Hall–Kier alpha value is -1.66. The highest BCUT2D eigenvalue weighted by atomic mass is 16.5. The average molecular weight is 776 g/mol. The Labute approximate surface area is 341 Å². The summed E-state index contributed by atoms with van der Waals surface area (Å²) in [5, 5.41) is 23.7. The Bertz CT molecular complexity index is 873. The van der Waals surface area contributed by atoms with E-state index in [1.165, 1.54) is 141 Å². The van der Waals surface area contributed by atoms with Crippen molar-refractivity contribution in [2.75, 3.05) is 6.61 Å². The molecular formula is C49H93NO5. The van der Waals surface area contributed by atoms with Crippen LogP contribution in [0, 0.1) is 0 Å². The highest BCUT2D eigenvalue weighted by Crippen LogP contribution is 2.17. The van der Waals surface area contributed by atoms with Gasteiger partial charge in [-0.1, -0.05) is 193 Å². The molecule has 0 aliphatic rings. The summed E-state index contributed by atoms with van der Waals surface area (Å²) in [5.74, 6) is -0.508. The van der Waals surface area contributed by atoms with Gasteiger partial charge in [0.05, 0.1) is 25.2 Å². The normalized spacial score (nSPS) is 13.5. The minimum atomic E-state index is -0.791. The van der Waals surface area contributed by atoms with Gasteiger partial charge in [0.15, 0.2) is 0 Å². The third-order valence-electron chi connectivity index (χ3n) is 11.0. The lowest BCUT2D eigenvalue weighted by molar-refractivity contribution is -0.151. The van der Waals surface area contributed by atoms with Crippen LogP contribution in [0.25, 0.3) is 0 Å². The van der Waals surface area contributed by atoms with Crippen molar-refractivity contribution in [2.24, 2.45) is 0 Å². The van der Waals surface area contributed by atoms with Gasteiger partial charge in [0.25, 0.3) is 0 Å². The molecule has 324 valence electrons. The quantitative estimate of drug-likeness (QED) is 0.0326. The molecule has 0 spiro atoms. The predicted molar refractivity (Wildman–Crippen MR) is 236 cm³/mol. The first-order valence-electron chi connectivity index (χ1n) is 24.1. The standard InChI is InChI=1S/C49H93NO5/c1-4-7-10-13-16-19-22-24-26-29-32-35-38-41-47(52)46(44-51)50-48(53)43-45(40-37-34-31-28-25-21-18-15-12-9-6-3)55-49(54)42-39-36-33-30-27-23-20-17-14-11-8-5-2/h17,20,28,31,45-47,51-52H,4-16,18-19,21-27,29-30,32-44H2,1-3H3,(H,50,53)/b20-17-,31-28-. The van der Waals surface area contributed by atoms with E-state index >= 15 is 0 Å². The number of aliphatic hydroxyl groups is 2. The molecule has 1 amide bonds. The number of carbonyl (C=O) groups excluding carboxylic acids is 2. The lowest BCUT2D eigenvalue weighted by Crippen LogP contribution is -2.46. The number of rotatable bonds is 43. The molecule has 0 aromatic carbocycles. The minimum absolute atomic E-state index is 0.0567. The molecule has 0 saturated carbocycles. The molecule has 3 unspecified atom stereocenters. The number of amides is 1. The van der Waals surface area contributed by atoms with E-state index in [0.29, 0.717) is 19.3 Å². The summed E-state index contributed by atoms with van der Waals surface area (Å²) in [7, 11) is 0. The van der Waals surface area contributed by atoms with E-state index < -0.39 is 18.2 Å². The van der Waals surface area contributed by atoms with Gasteiger partial charge in [-0.25, -0.2) is 0 Å². The highest BCUT2D eigenvalue weighted by Gasteiger charge is 2.24. The number of ether oxygens (including phenoxy) is 1. The SMILES string of the molecule is CCCCC/C=C\CCCCCCCC(=O)OC(CCC/C=C\CCCCCCCC)CC(=O)NC(CO)C(O)CCCCCCCCCCCCCCC. The second-order valence-electron chi connectivity index (χ2n) is 16.5. The minimum Gasteiger partial charge on any atom is -0.462 e. The van der Waals surface area contributed by atoms with Gasteiger partial charge < -0.3 is 20.3 Å². The van der Waals surface area contributed by atoms with Crippen molar-refractivity contribution in [1.82, 2.24) is 5.32 Å². The van der Waals surface area contributed by atoms with Crippen LogP contribution in [-0.2, 0) is 14.3 Å². The number of aliphatic hydroxyl groups excluding tert-OH is 2. The van der Waals surface area contributed by atoms with E-state index in [2.05, 4.69) is 50.4 Å². The first kappa shape index (κ1) is 53.3. The topological polar surface area (TPSA) is 95.9 Å². The maximum atomic E-state index is 13.1. The van der Waals surface area contributed by atoms with Crippen molar-refractivity contribution in [3.8, 4) is 0 Å². The number of nitrogens with one attached hydrogen (secondary N) is 1. The Balaban J connectivity index is 4.58. The van der Waals surface area contributed by atoms with Gasteiger partial charge in [0.2, 0.25) is 5.91 Å². The van der Waals surface area contributed by atoms with Crippen LogP contribution in [0.2, 0.25) is 0 Å². The zero-order chi connectivity index (χ0) is 40.3. The second-order valence-corrected chi connectivity index (χ2v) is 16.5. The zero-order valence-electron chi connectivity index (χ0n) is 36.8. The largest absolute Gasteiger partial charge is 0.462 e. The van der Waals surface area contributed by atoms with Crippen LogP contribution < -0.4 is 5.32 Å². The van der Waals surface area contributed by atoms with Crippen LogP contribution in [0.1, 0.15) is 252 Å². The fourth-order valence-electron chi connectivity index (χ4n) is 7.31. The summed E-state index contributed by atoms with van der Waals surface area (Å²) in [6.45, 7) is 6.44. The molecule has 0 fully saturated rings. The third-order valence-corrected chi connectivity index (χ3v) is 11.0. The molecule has 0 aromatic rings. The summed E-state index contributed by atoms with van der Waals surface area (Å²) in [5.41, 5.74) is 0. The van der Waals surface area contributed by atoms with Gasteiger partial charge >= 0.3 is 5.97 Å². The van der Waals surface area contributed by atoms with Crippen molar-refractivity contribution in [3.63, 3.8) is 0 Å². The first-order valence-corrected chi connectivity index (χ1v) is 24.1. The first-order chi connectivity index (χ1) is 27.0. The molecule has 0 bridgehead atoms. The van der Waals surface area contributed by atoms with Crippen LogP contribution in [0.5, 0.6) is 0 Å². The molecule has 0 heterocycles. The molecule has 0 aliphatic carbocycles. The number of hydrogen-bond donors (Lipinski definition) is 3. The third kappa shape index (κ3) is 39.0. The van der Waals surface area contributed by atoms with Crippen molar-refractivity contribution >= 4 is 11.9 Å². The average Bonchev–Trinajstić information content (AvgIpc) is 3.18. The second kappa shape index (κ2) is 43.5. The van der Waals surface area contributed by atoms with Gasteiger partial charge in [0.1, 0.15) is 6.10 Å². The molecular weight excluding hydrogens is 683 g/mol. The molecule has 3 atom stereocenters. The maximum Gasteiger partial charge on any atom is 0.306 e. The van der Waals surface area contributed by atoms with E-state index in [1.807, 2.05) is 0 Å². The molecule has 6 heteroatoms. The maximum absolute atomic E-state index is 13.1. The van der Waals surface area contributed by atoms with Crippen molar-refractivity contribution in [1.29, 1.82) is 0 Å². The molecule has 55 heavy (non-hydrogen) atoms. The Morgan fingerprint density at radius 2 is 0.891 bits per heavy atom. The number of hydrogen-bond acceptors (Lipinski definition) is 5. The molecule has 3 N–H and O–H groups in total. The van der Waals surface area contributed by atoms with Crippen LogP contribution >= 0.6 is 0 Å². The van der Waals surface area contributed by atoms with E-state index in [0.717, 1.165) is 64.2 Å². The van der Waals surface area contributed by atoms with Gasteiger partial charge in [-0.2, -0.15) is 0 Å². The highest BCUT2D eigenvalue weighted by molar-refractivity contribution is 5.77. The van der Waals surface area contributed by atoms with Gasteiger partial charge in [-0.05, 0) is 70.6 Å². The monoisotopic (exact) mass is 776 g/mol.